The Bertz CT molecular complexity index is 833. The molecule has 0 bridgehead atoms. The molecule has 3 saturated heterocycles. The lowest BCUT2D eigenvalue weighted by atomic mass is 9.53. The van der Waals surface area contributed by atoms with Gasteiger partial charge in [-0.15, -0.1) is 0 Å². The number of carbonyl (C=O) groups is 1. The van der Waals surface area contributed by atoms with Gasteiger partial charge < -0.3 is 14.8 Å². The highest BCUT2D eigenvalue weighted by Gasteiger charge is 2.65. The number of piperidine rings is 1. The summed E-state index contributed by atoms with van der Waals surface area (Å²) in [7, 11) is 0. The van der Waals surface area contributed by atoms with E-state index in [4.69, 9.17) is 9.47 Å². The first-order valence-electron chi connectivity index (χ1n) is 12.9. The molecule has 3 aliphatic heterocycles. The first-order chi connectivity index (χ1) is 15.5. The molecule has 3 heterocycles. The molecule has 32 heavy (non-hydrogen) atoms. The minimum atomic E-state index is 0.0182. The van der Waals surface area contributed by atoms with Crippen LogP contribution in [-0.4, -0.2) is 54.9 Å². The third-order valence-corrected chi connectivity index (χ3v) is 9.54. The number of hydrogen-bond acceptors (Lipinski definition) is 5. The lowest BCUT2D eigenvalue weighted by Crippen LogP contribution is -2.51. The summed E-state index contributed by atoms with van der Waals surface area (Å²) in [5, 5.41) is 3.77. The fourth-order valence-electron chi connectivity index (χ4n) is 7.62. The Kier molecular flexibility index (Phi) is 5.35. The van der Waals surface area contributed by atoms with Crippen LogP contribution in [0, 0.1) is 23.2 Å². The minimum absolute atomic E-state index is 0.0182. The summed E-state index contributed by atoms with van der Waals surface area (Å²) in [5.74, 6) is 1.03. The minimum Gasteiger partial charge on any atom is -0.462 e. The van der Waals surface area contributed by atoms with Crippen molar-refractivity contribution in [1.82, 2.24) is 10.2 Å². The van der Waals surface area contributed by atoms with E-state index < -0.39 is 0 Å². The number of likely N-dealkylation sites (tertiary alicyclic amines) is 1. The Hall–Kier alpha value is -1.43. The first kappa shape index (κ1) is 21.1. The van der Waals surface area contributed by atoms with Gasteiger partial charge in [0, 0.05) is 25.0 Å². The van der Waals surface area contributed by atoms with Crippen molar-refractivity contribution in [2.24, 2.45) is 23.2 Å². The molecule has 2 aliphatic carbocycles. The third-order valence-electron chi connectivity index (χ3n) is 9.54. The summed E-state index contributed by atoms with van der Waals surface area (Å²) in [5.41, 5.74) is 1.81. The summed E-state index contributed by atoms with van der Waals surface area (Å²) in [6, 6.07) is 11.3. The lowest BCUT2D eigenvalue weighted by molar-refractivity contribution is -0.147. The number of hydrogen-bond donors (Lipinski definition) is 1. The number of ether oxygens (including phenoxy) is 2. The maximum absolute atomic E-state index is 12.9. The van der Waals surface area contributed by atoms with E-state index in [0.29, 0.717) is 17.9 Å². The van der Waals surface area contributed by atoms with Gasteiger partial charge in [-0.3, -0.25) is 9.69 Å². The average molecular weight is 439 g/mol. The number of esters is 1. The fraction of sp³-hybridized carbons (Fsp3) is 0.741. The van der Waals surface area contributed by atoms with Crippen LogP contribution in [0.3, 0.4) is 0 Å². The molecule has 5 fully saturated rings. The number of rotatable bonds is 5. The number of epoxide rings is 1. The standard InChI is InChI=1S/C27H38N2O3/c1-26-10-5-11-27(18-31-27)24(26)14-21-22(25(30)32-23(21)15-26)16-28-20-8-12-29(13-9-20)17-19-6-3-2-4-7-19/h2-4,6-7,20-24,28H,5,8-18H2,1H3/t21-,22-,23-,24-,26-,27+/m1/s1. The Balaban J connectivity index is 1.04. The van der Waals surface area contributed by atoms with Gasteiger partial charge >= 0.3 is 5.97 Å². The highest BCUT2D eigenvalue weighted by atomic mass is 16.6. The van der Waals surface area contributed by atoms with E-state index >= 15 is 0 Å². The number of fused-ring (bicyclic) bond motifs is 3. The molecule has 6 atom stereocenters. The van der Waals surface area contributed by atoms with Crippen molar-refractivity contribution in [3.05, 3.63) is 35.9 Å². The van der Waals surface area contributed by atoms with Crippen LogP contribution in [0.4, 0.5) is 0 Å². The summed E-state index contributed by atoms with van der Waals surface area (Å²) < 4.78 is 12.0. The highest BCUT2D eigenvalue weighted by Crippen LogP contribution is 2.62. The van der Waals surface area contributed by atoms with Crippen molar-refractivity contribution in [3.8, 4) is 0 Å². The van der Waals surface area contributed by atoms with Crippen LogP contribution in [0.1, 0.15) is 57.4 Å². The number of benzene rings is 1. The van der Waals surface area contributed by atoms with Crippen molar-refractivity contribution in [2.75, 3.05) is 26.2 Å². The molecular formula is C27H38N2O3. The van der Waals surface area contributed by atoms with E-state index in [9.17, 15) is 4.79 Å². The van der Waals surface area contributed by atoms with Gasteiger partial charge in [0.1, 0.15) is 6.10 Å². The van der Waals surface area contributed by atoms with Crippen molar-refractivity contribution < 1.29 is 14.3 Å². The van der Waals surface area contributed by atoms with E-state index in [0.717, 1.165) is 58.5 Å². The van der Waals surface area contributed by atoms with Gasteiger partial charge in [-0.05, 0) is 74.9 Å². The van der Waals surface area contributed by atoms with Crippen molar-refractivity contribution in [2.45, 2.75) is 76.2 Å². The molecule has 0 unspecified atom stereocenters. The molecule has 0 amide bonds. The zero-order valence-corrected chi connectivity index (χ0v) is 19.4. The molecule has 0 radical (unpaired) electrons. The van der Waals surface area contributed by atoms with E-state index in [1.165, 1.54) is 24.8 Å². The van der Waals surface area contributed by atoms with Gasteiger partial charge in [-0.25, -0.2) is 0 Å². The Morgan fingerprint density at radius 1 is 1.16 bits per heavy atom. The van der Waals surface area contributed by atoms with E-state index in [1.807, 2.05) is 0 Å². The molecule has 6 rings (SSSR count). The summed E-state index contributed by atoms with van der Waals surface area (Å²) in [4.78, 5) is 15.4. The van der Waals surface area contributed by atoms with Crippen LogP contribution in [0.5, 0.6) is 0 Å². The van der Waals surface area contributed by atoms with Crippen LogP contribution >= 0.6 is 0 Å². The topological polar surface area (TPSA) is 54.1 Å². The lowest BCUT2D eigenvalue weighted by Gasteiger charge is -2.51. The van der Waals surface area contributed by atoms with E-state index in [-0.39, 0.29) is 29.0 Å². The quantitative estimate of drug-likeness (QED) is 0.560. The molecule has 1 N–H and O–H groups in total. The monoisotopic (exact) mass is 438 g/mol. The first-order valence-corrected chi connectivity index (χ1v) is 12.9. The number of nitrogens with zero attached hydrogens (tertiary/aromatic N) is 1. The molecule has 2 saturated carbocycles. The maximum atomic E-state index is 12.9. The molecule has 5 nitrogen and oxygen atoms in total. The SMILES string of the molecule is C[C@]12CCC[C@]3(CO3)[C@@H]1C[C@H]1[C@@H](C2)OC(=O)[C@@H]1CNC1CCN(Cc2ccccc2)CC1. The van der Waals surface area contributed by atoms with Crippen molar-refractivity contribution >= 4 is 5.97 Å². The zero-order valence-electron chi connectivity index (χ0n) is 19.4. The second-order valence-electron chi connectivity index (χ2n) is 11.5. The van der Waals surface area contributed by atoms with Gasteiger partial charge in [0.05, 0.1) is 18.1 Å². The normalized spacial score (nSPS) is 41.8. The predicted octanol–water partition coefficient (Wildman–Crippen LogP) is 3.77. The molecule has 0 aromatic heterocycles. The largest absolute Gasteiger partial charge is 0.462 e. The predicted molar refractivity (Wildman–Crippen MR) is 123 cm³/mol. The smallest absolute Gasteiger partial charge is 0.310 e. The van der Waals surface area contributed by atoms with Crippen LogP contribution in [0.2, 0.25) is 0 Å². The Morgan fingerprint density at radius 2 is 1.94 bits per heavy atom. The van der Waals surface area contributed by atoms with Crippen LogP contribution in [0.15, 0.2) is 30.3 Å². The van der Waals surface area contributed by atoms with E-state index in [1.54, 1.807) is 0 Å². The number of carbonyl (C=O) groups excluding carboxylic acids is 1. The molecular weight excluding hydrogens is 400 g/mol. The maximum Gasteiger partial charge on any atom is 0.310 e. The third kappa shape index (κ3) is 3.80. The molecule has 174 valence electrons. The molecule has 1 aromatic rings. The van der Waals surface area contributed by atoms with Gasteiger partial charge in [0.15, 0.2) is 0 Å². The Morgan fingerprint density at radius 3 is 2.69 bits per heavy atom. The summed E-state index contributed by atoms with van der Waals surface area (Å²) >= 11 is 0. The molecule has 5 aliphatic rings. The van der Waals surface area contributed by atoms with Crippen LogP contribution in [-0.2, 0) is 20.8 Å². The highest BCUT2D eigenvalue weighted by molar-refractivity contribution is 5.75. The Labute approximate surface area is 192 Å². The summed E-state index contributed by atoms with van der Waals surface area (Å²) in [6.07, 6.45) is 8.30. The number of nitrogens with one attached hydrogen (secondary N) is 1. The summed E-state index contributed by atoms with van der Waals surface area (Å²) in [6.45, 7) is 7.42. The van der Waals surface area contributed by atoms with Crippen molar-refractivity contribution in [1.29, 1.82) is 0 Å². The van der Waals surface area contributed by atoms with Crippen LogP contribution < -0.4 is 5.32 Å². The fourth-order valence-corrected chi connectivity index (χ4v) is 7.62. The van der Waals surface area contributed by atoms with E-state index in [2.05, 4.69) is 47.5 Å². The average Bonchev–Trinajstić information content (AvgIpc) is 3.49. The van der Waals surface area contributed by atoms with Crippen molar-refractivity contribution in [3.63, 3.8) is 0 Å². The van der Waals surface area contributed by atoms with Crippen LogP contribution in [0.25, 0.3) is 0 Å². The second kappa shape index (κ2) is 8.11. The van der Waals surface area contributed by atoms with Gasteiger partial charge in [-0.2, -0.15) is 0 Å². The molecule has 1 spiro atoms. The van der Waals surface area contributed by atoms with Gasteiger partial charge in [0.2, 0.25) is 0 Å². The van der Waals surface area contributed by atoms with Gasteiger partial charge in [0.25, 0.3) is 0 Å². The molecule has 1 aromatic carbocycles. The molecule has 5 heteroatoms. The zero-order chi connectivity index (χ0) is 21.8. The van der Waals surface area contributed by atoms with Gasteiger partial charge in [-0.1, -0.05) is 37.3 Å². The second-order valence-corrected chi connectivity index (χ2v) is 11.5.